The highest BCUT2D eigenvalue weighted by molar-refractivity contribution is 6.74. The molecule has 1 aliphatic carbocycles. The zero-order valence-corrected chi connectivity index (χ0v) is 18.6. The Balaban J connectivity index is 2.98. The molecular formula is C20H40O4Si. The van der Waals surface area contributed by atoms with Crippen LogP contribution < -0.4 is 0 Å². The van der Waals surface area contributed by atoms with E-state index in [-0.39, 0.29) is 29.5 Å². The van der Waals surface area contributed by atoms with Crippen LogP contribution in [0.3, 0.4) is 0 Å². The van der Waals surface area contributed by atoms with Gasteiger partial charge in [0.2, 0.25) is 0 Å². The van der Waals surface area contributed by atoms with Crippen LogP contribution in [-0.2, 0) is 13.9 Å². The number of hydrogen-bond donors (Lipinski definition) is 1. The molecule has 1 aliphatic rings. The van der Waals surface area contributed by atoms with Crippen molar-refractivity contribution < 1.29 is 19.0 Å². The number of ether oxygens (including phenoxy) is 2. The molecule has 0 aliphatic heterocycles. The third kappa shape index (κ3) is 6.17. The molecule has 5 heteroatoms. The lowest BCUT2D eigenvalue weighted by Gasteiger charge is -2.46. The molecular weight excluding hydrogens is 332 g/mol. The predicted octanol–water partition coefficient (Wildman–Crippen LogP) is 4.88. The van der Waals surface area contributed by atoms with E-state index in [9.17, 15) is 5.11 Å². The Morgan fingerprint density at radius 3 is 2.52 bits per heavy atom. The highest BCUT2D eigenvalue weighted by Gasteiger charge is 2.45. The van der Waals surface area contributed by atoms with Gasteiger partial charge in [-0.2, -0.15) is 0 Å². The standard InChI is InChI=1S/C20H40O4Si/c1-9-22-16(2)24-18-17(12-14-21)11-10-13-20(18,6)15-23-25(7,8)19(3,4)5/h12,16,18,21H,9-11,13-15H2,1-8H3/b17-12-/t16?,18-,20-/m1/s1. The molecule has 4 nitrogen and oxygen atoms in total. The first-order valence-corrected chi connectivity index (χ1v) is 12.6. The zero-order valence-electron chi connectivity index (χ0n) is 17.6. The van der Waals surface area contributed by atoms with Gasteiger partial charge in [-0.1, -0.05) is 33.8 Å². The van der Waals surface area contributed by atoms with Gasteiger partial charge in [0.15, 0.2) is 14.6 Å². The van der Waals surface area contributed by atoms with E-state index in [0.717, 1.165) is 19.3 Å². The first-order valence-electron chi connectivity index (χ1n) is 9.67. The van der Waals surface area contributed by atoms with Crippen molar-refractivity contribution in [1.29, 1.82) is 0 Å². The van der Waals surface area contributed by atoms with E-state index in [4.69, 9.17) is 13.9 Å². The van der Waals surface area contributed by atoms with Crippen LogP contribution in [0.2, 0.25) is 18.1 Å². The van der Waals surface area contributed by atoms with Crippen LogP contribution >= 0.6 is 0 Å². The highest BCUT2D eigenvalue weighted by Crippen LogP contribution is 2.44. The van der Waals surface area contributed by atoms with Gasteiger partial charge in [-0.3, -0.25) is 0 Å². The van der Waals surface area contributed by atoms with E-state index in [2.05, 4.69) is 40.8 Å². The summed E-state index contributed by atoms with van der Waals surface area (Å²) in [6, 6.07) is 0. The van der Waals surface area contributed by atoms with Gasteiger partial charge in [0, 0.05) is 18.6 Å². The summed E-state index contributed by atoms with van der Waals surface area (Å²) in [7, 11) is -1.82. The Morgan fingerprint density at radius 1 is 1.36 bits per heavy atom. The molecule has 0 aromatic heterocycles. The Kier molecular flexibility index (Phi) is 8.34. The Hall–Kier alpha value is -0.203. The molecule has 0 aromatic carbocycles. The number of aliphatic hydroxyl groups excluding tert-OH is 1. The largest absolute Gasteiger partial charge is 0.416 e. The lowest BCUT2D eigenvalue weighted by Crippen LogP contribution is -2.49. The van der Waals surface area contributed by atoms with Crippen LogP contribution in [0.15, 0.2) is 11.6 Å². The molecule has 0 bridgehead atoms. The van der Waals surface area contributed by atoms with Crippen molar-refractivity contribution in [2.45, 2.75) is 91.3 Å². The van der Waals surface area contributed by atoms with Crippen LogP contribution in [0, 0.1) is 5.41 Å². The van der Waals surface area contributed by atoms with E-state index in [1.54, 1.807) is 0 Å². The molecule has 148 valence electrons. The van der Waals surface area contributed by atoms with Crippen LogP contribution in [0.5, 0.6) is 0 Å². The summed E-state index contributed by atoms with van der Waals surface area (Å²) in [5, 5.41) is 9.61. The first kappa shape index (κ1) is 22.8. The first-order chi connectivity index (χ1) is 11.5. The molecule has 0 spiro atoms. The van der Waals surface area contributed by atoms with Crippen molar-refractivity contribution in [3.63, 3.8) is 0 Å². The molecule has 0 amide bonds. The normalized spacial score (nSPS) is 28.4. The molecule has 3 atom stereocenters. The van der Waals surface area contributed by atoms with Gasteiger partial charge in [0.25, 0.3) is 0 Å². The predicted molar refractivity (Wildman–Crippen MR) is 106 cm³/mol. The minimum absolute atomic E-state index is 0.0530. The maximum absolute atomic E-state index is 9.42. The number of hydrogen-bond acceptors (Lipinski definition) is 4. The van der Waals surface area contributed by atoms with Crippen LogP contribution in [-0.4, -0.2) is 45.6 Å². The molecule has 25 heavy (non-hydrogen) atoms. The number of aliphatic hydroxyl groups is 1. The molecule has 0 radical (unpaired) electrons. The Bertz CT molecular complexity index is 441. The summed E-state index contributed by atoms with van der Waals surface area (Å²) in [4.78, 5) is 0. The molecule has 0 heterocycles. The maximum Gasteiger partial charge on any atom is 0.192 e. The van der Waals surface area contributed by atoms with Crippen molar-refractivity contribution in [2.24, 2.45) is 5.41 Å². The molecule has 1 saturated carbocycles. The summed E-state index contributed by atoms with van der Waals surface area (Å²) in [5.41, 5.74) is 1.08. The van der Waals surface area contributed by atoms with E-state index in [1.165, 1.54) is 5.57 Å². The smallest absolute Gasteiger partial charge is 0.192 e. The third-order valence-electron chi connectivity index (χ3n) is 5.83. The molecule has 0 aromatic rings. The summed E-state index contributed by atoms with van der Waals surface area (Å²) in [6.45, 7) is 18.9. The van der Waals surface area contributed by atoms with E-state index >= 15 is 0 Å². The second-order valence-corrected chi connectivity index (χ2v) is 13.9. The Morgan fingerprint density at radius 2 is 2.00 bits per heavy atom. The fourth-order valence-corrected chi connectivity index (χ4v) is 4.28. The quantitative estimate of drug-likeness (QED) is 0.374. The summed E-state index contributed by atoms with van der Waals surface area (Å²) in [5.74, 6) is 0. The van der Waals surface area contributed by atoms with Crippen molar-refractivity contribution >= 4 is 8.32 Å². The minimum Gasteiger partial charge on any atom is -0.416 e. The molecule has 1 rings (SSSR count). The average Bonchev–Trinajstić information content (AvgIpc) is 2.48. The number of rotatable bonds is 8. The van der Waals surface area contributed by atoms with Crippen molar-refractivity contribution in [3.05, 3.63) is 11.6 Å². The summed E-state index contributed by atoms with van der Waals surface area (Å²) < 4.78 is 18.5. The molecule has 0 saturated heterocycles. The van der Waals surface area contributed by atoms with Crippen molar-refractivity contribution in [3.8, 4) is 0 Å². The lowest BCUT2D eigenvalue weighted by molar-refractivity contribution is -0.184. The lowest BCUT2D eigenvalue weighted by atomic mass is 9.71. The van der Waals surface area contributed by atoms with E-state index in [1.807, 2.05) is 19.9 Å². The summed E-state index contributed by atoms with van der Waals surface area (Å²) in [6.07, 6.45) is 4.72. The molecule has 1 unspecified atom stereocenters. The second-order valence-electron chi connectivity index (χ2n) is 9.06. The Labute approximate surface area is 156 Å². The van der Waals surface area contributed by atoms with Gasteiger partial charge in [-0.15, -0.1) is 0 Å². The van der Waals surface area contributed by atoms with Gasteiger partial charge >= 0.3 is 0 Å². The van der Waals surface area contributed by atoms with Gasteiger partial charge in [-0.05, 0) is 56.8 Å². The topological polar surface area (TPSA) is 47.9 Å². The third-order valence-corrected chi connectivity index (χ3v) is 10.3. The minimum atomic E-state index is -1.82. The van der Waals surface area contributed by atoms with Gasteiger partial charge in [-0.25, -0.2) is 0 Å². The fourth-order valence-electron chi connectivity index (χ4n) is 3.16. The van der Waals surface area contributed by atoms with Gasteiger partial charge in [0.05, 0.1) is 12.7 Å². The average molecular weight is 373 g/mol. The maximum atomic E-state index is 9.42. The zero-order chi connectivity index (χ0) is 19.3. The SMILES string of the molecule is CCOC(C)O[C@@H]1/C(=C\CO)CCC[C@]1(C)CO[Si](C)(C)C(C)(C)C. The second kappa shape index (κ2) is 9.13. The van der Waals surface area contributed by atoms with Crippen molar-refractivity contribution in [2.75, 3.05) is 19.8 Å². The summed E-state index contributed by atoms with van der Waals surface area (Å²) >= 11 is 0. The van der Waals surface area contributed by atoms with E-state index < -0.39 is 8.32 Å². The van der Waals surface area contributed by atoms with Crippen LogP contribution in [0.25, 0.3) is 0 Å². The fraction of sp³-hybridized carbons (Fsp3) is 0.900. The van der Waals surface area contributed by atoms with Gasteiger partial charge in [0.1, 0.15) is 0 Å². The van der Waals surface area contributed by atoms with Crippen LogP contribution in [0.4, 0.5) is 0 Å². The molecule has 1 fully saturated rings. The van der Waals surface area contributed by atoms with Gasteiger partial charge < -0.3 is 19.0 Å². The van der Waals surface area contributed by atoms with Crippen molar-refractivity contribution in [1.82, 2.24) is 0 Å². The van der Waals surface area contributed by atoms with E-state index in [0.29, 0.717) is 13.2 Å². The molecule has 1 N–H and O–H groups in total. The van der Waals surface area contributed by atoms with Crippen LogP contribution in [0.1, 0.15) is 60.8 Å². The monoisotopic (exact) mass is 372 g/mol. The highest BCUT2D eigenvalue weighted by atomic mass is 28.4.